The normalized spacial score (nSPS) is 16.1. The van der Waals surface area contributed by atoms with E-state index in [1.165, 1.54) is 17.7 Å². The van der Waals surface area contributed by atoms with Crippen LogP contribution in [0.1, 0.15) is 49.6 Å². The van der Waals surface area contributed by atoms with Gasteiger partial charge in [-0.05, 0) is 52.0 Å². The maximum Gasteiger partial charge on any atom is 0.223 e. The first kappa shape index (κ1) is 20.3. The van der Waals surface area contributed by atoms with Crippen LogP contribution in [0.3, 0.4) is 0 Å². The largest absolute Gasteiger partial charge is 0.356 e. The smallest absolute Gasteiger partial charge is 0.223 e. The molecule has 0 aliphatic heterocycles. The SMILES string of the molecule is CN=C(NCCCNC(=O)C1CCC1)NC(C)Cc1c(C)nn(C)c1C. The summed E-state index contributed by atoms with van der Waals surface area (Å²) in [6.45, 7) is 7.80. The minimum absolute atomic E-state index is 0.217. The number of carbonyl (C=O) groups is 1. The third kappa shape index (κ3) is 5.47. The first-order valence-corrected chi connectivity index (χ1v) is 9.66. The highest BCUT2D eigenvalue weighted by atomic mass is 16.1. The van der Waals surface area contributed by atoms with E-state index in [0.29, 0.717) is 6.54 Å². The monoisotopic (exact) mass is 362 g/mol. The average molecular weight is 363 g/mol. The van der Waals surface area contributed by atoms with Gasteiger partial charge < -0.3 is 16.0 Å². The van der Waals surface area contributed by atoms with E-state index in [1.807, 2.05) is 11.7 Å². The zero-order chi connectivity index (χ0) is 19.1. The molecule has 1 aromatic heterocycles. The molecule has 1 atom stereocenters. The first-order valence-electron chi connectivity index (χ1n) is 9.66. The Hall–Kier alpha value is -2.05. The Kier molecular flexibility index (Phi) is 7.48. The first-order chi connectivity index (χ1) is 12.4. The van der Waals surface area contributed by atoms with Gasteiger partial charge in [-0.15, -0.1) is 0 Å². The molecule has 1 aliphatic rings. The molecule has 0 aromatic carbocycles. The molecule has 0 bridgehead atoms. The lowest BCUT2D eigenvalue weighted by Gasteiger charge is -2.24. The second-order valence-electron chi connectivity index (χ2n) is 7.29. The second kappa shape index (κ2) is 9.59. The van der Waals surface area contributed by atoms with E-state index in [-0.39, 0.29) is 17.9 Å². The van der Waals surface area contributed by atoms with Gasteiger partial charge in [-0.3, -0.25) is 14.5 Å². The molecule has 1 heterocycles. The van der Waals surface area contributed by atoms with Gasteiger partial charge in [0.1, 0.15) is 0 Å². The van der Waals surface area contributed by atoms with Crippen LogP contribution in [-0.2, 0) is 18.3 Å². The number of amides is 1. The average Bonchev–Trinajstić information content (AvgIpc) is 2.78. The van der Waals surface area contributed by atoms with Gasteiger partial charge in [0.25, 0.3) is 0 Å². The number of hydrogen-bond donors (Lipinski definition) is 3. The molecule has 1 fully saturated rings. The van der Waals surface area contributed by atoms with Crippen molar-refractivity contribution >= 4 is 11.9 Å². The van der Waals surface area contributed by atoms with Crippen molar-refractivity contribution in [2.75, 3.05) is 20.1 Å². The predicted octanol–water partition coefficient (Wildman–Crippen LogP) is 1.44. The summed E-state index contributed by atoms with van der Waals surface area (Å²) in [5.41, 5.74) is 3.59. The number of nitrogens with one attached hydrogen (secondary N) is 3. The highest BCUT2D eigenvalue weighted by Gasteiger charge is 2.24. The van der Waals surface area contributed by atoms with Crippen LogP contribution in [0.2, 0.25) is 0 Å². The van der Waals surface area contributed by atoms with Crippen molar-refractivity contribution in [3.8, 4) is 0 Å². The highest BCUT2D eigenvalue weighted by Crippen LogP contribution is 2.26. The Morgan fingerprint density at radius 1 is 1.31 bits per heavy atom. The molecule has 2 rings (SSSR count). The van der Waals surface area contributed by atoms with Crippen LogP contribution < -0.4 is 16.0 Å². The Balaban J connectivity index is 1.67. The molecular formula is C19H34N6O. The summed E-state index contributed by atoms with van der Waals surface area (Å²) in [4.78, 5) is 16.1. The van der Waals surface area contributed by atoms with E-state index in [0.717, 1.165) is 43.9 Å². The fourth-order valence-corrected chi connectivity index (χ4v) is 3.22. The molecule has 1 unspecified atom stereocenters. The summed E-state index contributed by atoms with van der Waals surface area (Å²) in [6.07, 6.45) is 5.08. The maximum absolute atomic E-state index is 11.8. The van der Waals surface area contributed by atoms with Gasteiger partial charge in [-0.2, -0.15) is 5.10 Å². The van der Waals surface area contributed by atoms with Gasteiger partial charge >= 0.3 is 0 Å². The van der Waals surface area contributed by atoms with E-state index in [4.69, 9.17) is 0 Å². The van der Waals surface area contributed by atoms with Gasteiger partial charge in [0.15, 0.2) is 5.96 Å². The molecule has 1 saturated carbocycles. The quantitative estimate of drug-likeness (QED) is 0.371. The molecule has 3 N–H and O–H groups in total. The summed E-state index contributed by atoms with van der Waals surface area (Å²) in [6, 6.07) is 0.251. The summed E-state index contributed by atoms with van der Waals surface area (Å²) in [7, 11) is 3.76. The Labute approximate surface area is 157 Å². The van der Waals surface area contributed by atoms with Crippen LogP contribution in [0.5, 0.6) is 0 Å². The molecule has 0 saturated heterocycles. The number of hydrogen-bond acceptors (Lipinski definition) is 3. The number of aliphatic imine (C=N–C) groups is 1. The van der Waals surface area contributed by atoms with E-state index in [9.17, 15) is 4.79 Å². The van der Waals surface area contributed by atoms with Crippen molar-refractivity contribution in [2.24, 2.45) is 18.0 Å². The van der Waals surface area contributed by atoms with Gasteiger partial charge in [0.2, 0.25) is 5.91 Å². The van der Waals surface area contributed by atoms with E-state index in [2.05, 4.69) is 46.8 Å². The number of aromatic nitrogens is 2. The lowest BCUT2D eigenvalue weighted by atomic mass is 9.85. The number of carbonyl (C=O) groups excluding carboxylic acids is 1. The second-order valence-corrected chi connectivity index (χ2v) is 7.29. The fourth-order valence-electron chi connectivity index (χ4n) is 3.22. The summed E-state index contributed by atoms with van der Waals surface area (Å²) in [5, 5.41) is 14.2. The Morgan fingerprint density at radius 3 is 2.54 bits per heavy atom. The molecule has 0 spiro atoms. The van der Waals surface area contributed by atoms with Crippen LogP contribution >= 0.6 is 0 Å². The van der Waals surface area contributed by atoms with Crippen LogP contribution in [0.25, 0.3) is 0 Å². The molecule has 7 nitrogen and oxygen atoms in total. The number of aryl methyl sites for hydroxylation is 2. The van der Waals surface area contributed by atoms with Crippen molar-refractivity contribution in [3.05, 3.63) is 17.0 Å². The lowest BCUT2D eigenvalue weighted by molar-refractivity contribution is -0.127. The summed E-state index contributed by atoms with van der Waals surface area (Å²) < 4.78 is 1.93. The zero-order valence-corrected chi connectivity index (χ0v) is 16.9. The van der Waals surface area contributed by atoms with Crippen LogP contribution in [0.4, 0.5) is 0 Å². The van der Waals surface area contributed by atoms with E-state index < -0.39 is 0 Å². The third-order valence-electron chi connectivity index (χ3n) is 5.20. The molecule has 146 valence electrons. The zero-order valence-electron chi connectivity index (χ0n) is 16.9. The number of nitrogens with zero attached hydrogens (tertiary/aromatic N) is 3. The molecule has 1 aromatic rings. The fraction of sp³-hybridized carbons (Fsp3) is 0.737. The van der Waals surface area contributed by atoms with Crippen LogP contribution in [0.15, 0.2) is 4.99 Å². The molecule has 7 heteroatoms. The van der Waals surface area contributed by atoms with Crippen LogP contribution in [0, 0.1) is 19.8 Å². The Morgan fingerprint density at radius 2 is 2.00 bits per heavy atom. The minimum Gasteiger partial charge on any atom is -0.356 e. The molecule has 1 amide bonds. The van der Waals surface area contributed by atoms with Crippen molar-refractivity contribution in [3.63, 3.8) is 0 Å². The van der Waals surface area contributed by atoms with Crippen molar-refractivity contribution in [1.82, 2.24) is 25.7 Å². The lowest BCUT2D eigenvalue weighted by Crippen LogP contribution is -2.44. The topological polar surface area (TPSA) is 83.3 Å². The van der Waals surface area contributed by atoms with Crippen molar-refractivity contribution in [2.45, 2.75) is 58.9 Å². The number of rotatable bonds is 8. The highest BCUT2D eigenvalue weighted by molar-refractivity contribution is 5.80. The van der Waals surface area contributed by atoms with Crippen molar-refractivity contribution < 1.29 is 4.79 Å². The predicted molar refractivity (Wildman–Crippen MR) is 105 cm³/mol. The van der Waals surface area contributed by atoms with Crippen molar-refractivity contribution in [1.29, 1.82) is 0 Å². The van der Waals surface area contributed by atoms with Gasteiger partial charge in [0, 0.05) is 44.8 Å². The third-order valence-corrected chi connectivity index (χ3v) is 5.20. The minimum atomic E-state index is 0.217. The standard InChI is InChI=1S/C19H34N6O/c1-13(12-17-14(2)24-25(5)15(17)3)23-19(20-4)22-11-7-10-21-18(26)16-8-6-9-16/h13,16H,6-12H2,1-5H3,(H,21,26)(H2,20,22,23). The van der Waals surface area contributed by atoms with E-state index in [1.54, 1.807) is 7.05 Å². The molecule has 26 heavy (non-hydrogen) atoms. The van der Waals surface area contributed by atoms with Gasteiger partial charge in [-0.1, -0.05) is 6.42 Å². The summed E-state index contributed by atoms with van der Waals surface area (Å²) >= 11 is 0. The van der Waals surface area contributed by atoms with Gasteiger partial charge in [-0.25, -0.2) is 0 Å². The van der Waals surface area contributed by atoms with Crippen LogP contribution in [-0.4, -0.2) is 47.8 Å². The maximum atomic E-state index is 11.8. The molecule has 0 radical (unpaired) electrons. The molecular weight excluding hydrogens is 328 g/mol. The van der Waals surface area contributed by atoms with E-state index >= 15 is 0 Å². The summed E-state index contributed by atoms with van der Waals surface area (Å²) in [5.74, 6) is 1.27. The Bertz CT molecular complexity index is 632. The number of guanidine groups is 1. The van der Waals surface area contributed by atoms with Gasteiger partial charge in [0.05, 0.1) is 5.69 Å². The molecule has 1 aliphatic carbocycles.